The maximum atomic E-state index is 3.29. The molecule has 18 heavy (non-hydrogen) atoms. The molecule has 0 spiro atoms. The highest BCUT2D eigenvalue weighted by molar-refractivity contribution is 7.13. The van der Waals surface area contributed by atoms with Crippen LogP contribution in [-0.2, 0) is 7.05 Å². The lowest BCUT2D eigenvalue weighted by Crippen LogP contribution is -2.31. The van der Waals surface area contributed by atoms with Gasteiger partial charge < -0.3 is 4.57 Å². The predicted molar refractivity (Wildman–Crippen MR) is 73.8 cm³/mol. The lowest BCUT2D eigenvalue weighted by Gasteiger charge is -2.10. The van der Waals surface area contributed by atoms with Gasteiger partial charge in [-0.2, -0.15) is 0 Å². The number of aryl methyl sites for hydroxylation is 2. The van der Waals surface area contributed by atoms with Crippen LogP contribution in [0.25, 0.3) is 16.4 Å². The molecule has 0 N–H and O–H groups in total. The highest BCUT2D eigenvalue weighted by atomic mass is 32.1. The van der Waals surface area contributed by atoms with Crippen molar-refractivity contribution in [1.29, 1.82) is 0 Å². The van der Waals surface area contributed by atoms with E-state index in [1.54, 1.807) is 11.3 Å². The first-order valence-electron chi connectivity index (χ1n) is 5.86. The quantitative estimate of drug-likeness (QED) is 0.491. The average Bonchev–Trinajstić information content (AvgIpc) is 2.96. The fraction of sp³-hybridized carbons (Fsp3) is 0.133. The van der Waals surface area contributed by atoms with Crippen LogP contribution >= 0.6 is 11.3 Å². The molecule has 0 saturated carbocycles. The number of benzene rings is 1. The Bertz CT molecular complexity index is 665. The van der Waals surface area contributed by atoms with Crippen molar-refractivity contribution in [2.45, 2.75) is 6.92 Å². The fourth-order valence-electron chi connectivity index (χ4n) is 2.06. The molecule has 0 aliphatic heterocycles. The van der Waals surface area contributed by atoms with E-state index in [9.17, 15) is 0 Å². The summed E-state index contributed by atoms with van der Waals surface area (Å²) in [5.41, 5.74) is 2.45. The Kier molecular flexibility index (Phi) is 2.76. The molecule has 3 heteroatoms. The van der Waals surface area contributed by atoms with E-state index in [1.165, 1.54) is 16.3 Å². The van der Waals surface area contributed by atoms with Gasteiger partial charge in [-0.15, -0.1) is 11.3 Å². The Morgan fingerprint density at radius 2 is 1.94 bits per heavy atom. The van der Waals surface area contributed by atoms with Gasteiger partial charge in [0, 0.05) is 5.69 Å². The van der Waals surface area contributed by atoms with E-state index < -0.39 is 0 Å². The molecule has 0 saturated heterocycles. The molecular weight excluding hydrogens is 240 g/mol. The van der Waals surface area contributed by atoms with Crippen molar-refractivity contribution in [3.63, 3.8) is 0 Å². The van der Waals surface area contributed by atoms with Crippen molar-refractivity contribution in [2.24, 2.45) is 7.05 Å². The minimum Gasteiger partial charge on any atom is -0.356 e. The number of thiophene rings is 1. The molecular formula is C15H14N2S. The first kappa shape index (κ1) is 11.2. The molecule has 3 rings (SSSR count). The summed E-state index contributed by atoms with van der Waals surface area (Å²) in [6.45, 7) is 2.15. The van der Waals surface area contributed by atoms with Crippen molar-refractivity contribution in [2.75, 3.05) is 0 Å². The van der Waals surface area contributed by atoms with Crippen LogP contribution in [0.5, 0.6) is 0 Å². The molecule has 1 aromatic carbocycles. The van der Waals surface area contributed by atoms with Gasteiger partial charge in [0.25, 0.3) is 0 Å². The Balaban J connectivity index is 2.22. The Morgan fingerprint density at radius 1 is 1.17 bits per heavy atom. The summed E-state index contributed by atoms with van der Waals surface area (Å²) in [5.74, 6) is 1.17. The van der Waals surface area contributed by atoms with E-state index in [-0.39, 0.29) is 0 Å². The first-order valence-corrected chi connectivity index (χ1v) is 6.74. The van der Waals surface area contributed by atoms with Gasteiger partial charge in [-0.05, 0) is 23.9 Å². The van der Waals surface area contributed by atoms with E-state index in [0.717, 1.165) is 5.69 Å². The third-order valence-corrected chi connectivity index (χ3v) is 4.02. The number of para-hydroxylation sites is 1. The van der Waals surface area contributed by atoms with Gasteiger partial charge in [0.2, 0.25) is 0 Å². The largest absolute Gasteiger partial charge is 0.356 e. The molecule has 0 unspecified atom stereocenters. The van der Waals surface area contributed by atoms with E-state index in [1.807, 2.05) is 24.4 Å². The second kappa shape index (κ2) is 4.42. The van der Waals surface area contributed by atoms with E-state index >= 15 is 0 Å². The molecule has 2 nitrogen and oxygen atoms in total. The molecule has 0 bridgehead atoms. The molecule has 0 fully saturated rings. The third-order valence-electron chi connectivity index (χ3n) is 3.01. The minimum absolute atomic E-state index is 1.14. The van der Waals surface area contributed by atoms with Crippen LogP contribution in [-0.4, -0.2) is 4.57 Å². The lowest BCUT2D eigenvalue weighted by atomic mass is 10.2. The van der Waals surface area contributed by atoms with Crippen LogP contribution < -0.4 is 4.57 Å². The molecule has 2 aromatic heterocycles. The standard InChI is InChI=1S/C15H14N2S/c1-12-8-11-18-14(12)15-16(2)9-10-17(15)13-6-4-3-5-7-13/h3-9,11H,1-2H3. The van der Waals surface area contributed by atoms with Gasteiger partial charge in [0.1, 0.15) is 0 Å². The molecule has 0 atom stereocenters. The van der Waals surface area contributed by atoms with Crippen molar-refractivity contribution in [3.05, 3.63) is 59.7 Å². The second-order valence-electron chi connectivity index (χ2n) is 4.30. The molecule has 0 amide bonds. The van der Waals surface area contributed by atoms with Gasteiger partial charge in [-0.3, -0.25) is 4.57 Å². The Hall–Kier alpha value is -1.87. The van der Waals surface area contributed by atoms with Gasteiger partial charge in [0.15, 0.2) is 5.82 Å². The van der Waals surface area contributed by atoms with Crippen LogP contribution in [0.15, 0.2) is 48.0 Å². The highest BCUT2D eigenvalue weighted by Gasteiger charge is 2.13. The zero-order chi connectivity index (χ0) is 12.5. The van der Waals surface area contributed by atoms with Gasteiger partial charge in [0.05, 0.1) is 24.3 Å². The van der Waals surface area contributed by atoms with E-state index in [0.29, 0.717) is 0 Å². The van der Waals surface area contributed by atoms with Crippen LogP contribution in [0.1, 0.15) is 5.56 Å². The molecule has 0 aliphatic rings. The van der Waals surface area contributed by atoms with Crippen LogP contribution in [0.2, 0.25) is 0 Å². The zero-order valence-corrected chi connectivity index (χ0v) is 11.2. The molecule has 90 valence electrons. The molecule has 0 radical (unpaired) electrons. The third kappa shape index (κ3) is 1.77. The van der Waals surface area contributed by atoms with Crippen molar-refractivity contribution < 1.29 is 4.57 Å². The maximum Gasteiger partial charge on any atom is 0.195 e. The Labute approximate surface area is 111 Å². The van der Waals surface area contributed by atoms with Crippen LogP contribution in [0.4, 0.5) is 0 Å². The maximum absolute atomic E-state index is 3.29. The monoisotopic (exact) mass is 254 g/mol. The van der Waals surface area contributed by atoms with E-state index in [4.69, 9.17) is 0 Å². The predicted octanol–water partition coefficient (Wildman–Crippen LogP) is 3.14. The van der Waals surface area contributed by atoms with Crippen molar-refractivity contribution >= 4 is 11.3 Å². The Morgan fingerprint density at radius 3 is 2.61 bits per heavy atom. The van der Waals surface area contributed by atoms with Gasteiger partial charge >= 0.3 is 0 Å². The summed E-state index contributed by atoms with van der Waals surface area (Å²) in [5, 5.41) is 2.13. The summed E-state index contributed by atoms with van der Waals surface area (Å²) in [6, 6.07) is 12.5. The van der Waals surface area contributed by atoms with Crippen LogP contribution in [0.3, 0.4) is 0 Å². The highest BCUT2D eigenvalue weighted by Crippen LogP contribution is 2.26. The summed E-state index contributed by atoms with van der Waals surface area (Å²) in [4.78, 5) is 1.29. The summed E-state index contributed by atoms with van der Waals surface area (Å²) >= 11 is 1.77. The number of aromatic nitrogens is 2. The summed E-state index contributed by atoms with van der Waals surface area (Å²) in [7, 11) is 2.06. The average molecular weight is 254 g/mol. The topological polar surface area (TPSA) is 8.81 Å². The van der Waals surface area contributed by atoms with Crippen molar-refractivity contribution in [3.8, 4) is 16.4 Å². The molecule has 0 aliphatic carbocycles. The van der Waals surface area contributed by atoms with Gasteiger partial charge in [-0.1, -0.05) is 30.3 Å². The SMILES string of the molecule is Cc1ccsc1-c1n(C)c[c-][n+]1-c1ccccc1. The number of imidazole rings is 1. The normalized spacial score (nSPS) is 10.8. The second-order valence-corrected chi connectivity index (χ2v) is 5.21. The van der Waals surface area contributed by atoms with Crippen molar-refractivity contribution in [1.82, 2.24) is 4.57 Å². The smallest absolute Gasteiger partial charge is 0.195 e. The van der Waals surface area contributed by atoms with E-state index in [2.05, 4.69) is 52.9 Å². The molecule has 2 heterocycles. The number of hydrogen-bond acceptors (Lipinski definition) is 1. The summed E-state index contributed by atoms with van der Waals surface area (Å²) < 4.78 is 4.23. The number of nitrogens with zero attached hydrogens (tertiary/aromatic N) is 2. The van der Waals surface area contributed by atoms with Gasteiger partial charge in [-0.25, -0.2) is 0 Å². The lowest BCUT2D eigenvalue weighted by molar-refractivity contribution is -0.587. The zero-order valence-electron chi connectivity index (χ0n) is 10.4. The molecule has 3 aromatic rings. The minimum atomic E-state index is 1.14. The number of rotatable bonds is 2. The first-order chi connectivity index (χ1) is 8.77. The summed E-state index contributed by atoms with van der Waals surface area (Å²) in [6.07, 6.45) is 5.27. The fourth-order valence-corrected chi connectivity index (χ4v) is 3.06. The number of hydrogen-bond donors (Lipinski definition) is 0. The van der Waals surface area contributed by atoms with Crippen LogP contribution in [0, 0.1) is 13.1 Å².